The second-order valence-corrected chi connectivity index (χ2v) is 4.86. The number of nitrogens with zero attached hydrogens (tertiary/aromatic N) is 2. The van der Waals surface area contributed by atoms with Gasteiger partial charge in [-0.3, -0.25) is 9.69 Å². The van der Waals surface area contributed by atoms with Crippen molar-refractivity contribution in [1.29, 1.82) is 0 Å². The molecule has 1 aromatic carbocycles. The molecule has 0 spiro atoms. The molecule has 1 saturated heterocycles. The summed E-state index contributed by atoms with van der Waals surface area (Å²) in [5, 5.41) is 2.81. The van der Waals surface area contributed by atoms with Gasteiger partial charge in [0.1, 0.15) is 12.3 Å². The summed E-state index contributed by atoms with van der Waals surface area (Å²) in [7, 11) is 0. The van der Waals surface area contributed by atoms with E-state index in [0.29, 0.717) is 31.3 Å². The molecular weight excluding hydrogens is 270 g/mol. The van der Waals surface area contributed by atoms with E-state index in [2.05, 4.69) is 5.32 Å². The molecule has 1 aliphatic rings. The lowest BCUT2D eigenvalue weighted by atomic mass is 10.3. The van der Waals surface area contributed by atoms with Crippen LogP contribution in [0, 0.1) is 0 Å². The number of likely N-dealkylation sites (N-methyl/N-ethyl adjacent to an activating group) is 1. The first-order chi connectivity index (χ1) is 10.2. The highest BCUT2D eigenvalue weighted by molar-refractivity contribution is 5.95. The summed E-state index contributed by atoms with van der Waals surface area (Å²) in [5.74, 6) is 0.619. The molecule has 1 fully saturated rings. The number of ether oxygens (including phenoxy) is 1. The van der Waals surface area contributed by atoms with E-state index in [1.807, 2.05) is 32.0 Å². The maximum Gasteiger partial charge on any atom is 0.323 e. The lowest BCUT2D eigenvalue weighted by molar-refractivity contribution is -0.126. The highest BCUT2D eigenvalue weighted by atomic mass is 16.5. The van der Waals surface area contributed by atoms with Crippen LogP contribution in [-0.2, 0) is 4.79 Å². The van der Waals surface area contributed by atoms with Gasteiger partial charge in [-0.1, -0.05) is 19.1 Å². The molecule has 0 bridgehead atoms. The van der Waals surface area contributed by atoms with E-state index in [-0.39, 0.29) is 18.5 Å². The number of hydrogen-bond acceptors (Lipinski definition) is 3. The van der Waals surface area contributed by atoms with Crippen molar-refractivity contribution >= 4 is 17.6 Å². The fraction of sp³-hybridized carbons (Fsp3) is 0.467. The van der Waals surface area contributed by atoms with Crippen LogP contribution < -0.4 is 10.1 Å². The first kappa shape index (κ1) is 15.2. The molecule has 1 N–H and O–H groups in total. The van der Waals surface area contributed by atoms with Gasteiger partial charge in [-0.2, -0.15) is 0 Å². The fourth-order valence-electron chi connectivity index (χ4n) is 2.11. The molecule has 114 valence electrons. The van der Waals surface area contributed by atoms with E-state index in [0.717, 1.165) is 6.42 Å². The van der Waals surface area contributed by atoms with Gasteiger partial charge in [0, 0.05) is 6.54 Å². The molecule has 6 heteroatoms. The highest BCUT2D eigenvalue weighted by Gasteiger charge is 2.29. The number of nitrogens with one attached hydrogen (secondary N) is 1. The van der Waals surface area contributed by atoms with E-state index >= 15 is 0 Å². The third-order valence-corrected chi connectivity index (χ3v) is 3.28. The third kappa shape index (κ3) is 3.65. The molecule has 0 saturated carbocycles. The number of para-hydroxylation sites is 2. The van der Waals surface area contributed by atoms with E-state index in [1.54, 1.807) is 11.0 Å². The Morgan fingerprint density at radius 1 is 1.33 bits per heavy atom. The highest BCUT2D eigenvalue weighted by Crippen LogP contribution is 2.24. The van der Waals surface area contributed by atoms with Crippen LogP contribution in [0.15, 0.2) is 24.3 Å². The van der Waals surface area contributed by atoms with Crippen LogP contribution in [-0.4, -0.2) is 48.1 Å². The Morgan fingerprint density at radius 3 is 2.76 bits per heavy atom. The van der Waals surface area contributed by atoms with Gasteiger partial charge in [0.15, 0.2) is 0 Å². The zero-order valence-corrected chi connectivity index (χ0v) is 12.5. The van der Waals surface area contributed by atoms with Crippen molar-refractivity contribution in [3.8, 4) is 5.75 Å². The first-order valence-corrected chi connectivity index (χ1v) is 7.21. The van der Waals surface area contributed by atoms with Gasteiger partial charge in [0.2, 0.25) is 5.91 Å². The normalized spacial score (nSPS) is 14.5. The first-order valence-electron chi connectivity index (χ1n) is 7.21. The van der Waals surface area contributed by atoms with Crippen molar-refractivity contribution < 1.29 is 14.3 Å². The van der Waals surface area contributed by atoms with Gasteiger partial charge in [-0.15, -0.1) is 0 Å². The van der Waals surface area contributed by atoms with E-state index < -0.39 is 0 Å². The summed E-state index contributed by atoms with van der Waals surface area (Å²) < 4.78 is 5.60. The minimum atomic E-state index is -0.285. The zero-order valence-electron chi connectivity index (χ0n) is 12.5. The van der Waals surface area contributed by atoms with Crippen LogP contribution >= 0.6 is 0 Å². The summed E-state index contributed by atoms with van der Waals surface area (Å²) in [6.45, 7) is 5.58. The van der Waals surface area contributed by atoms with Crippen molar-refractivity contribution in [2.24, 2.45) is 0 Å². The molecular formula is C15H21N3O3. The number of benzene rings is 1. The Labute approximate surface area is 124 Å². The van der Waals surface area contributed by atoms with Crippen molar-refractivity contribution in [3.63, 3.8) is 0 Å². The minimum Gasteiger partial charge on any atom is -0.491 e. The molecule has 1 aromatic rings. The van der Waals surface area contributed by atoms with Crippen molar-refractivity contribution in [2.75, 3.05) is 31.7 Å². The maximum absolute atomic E-state index is 12.2. The van der Waals surface area contributed by atoms with Crippen LogP contribution in [0.5, 0.6) is 5.75 Å². The van der Waals surface area contributed by atoms with Gasteiger partial charge in [-0.25, -0.2) is 4.79 Å². The number of hydrogen-bond donors (Lipinski definition) is 1. The second-order valence-electron chi connectivity index (χ2n) is 4.86. The third-order valence-electron chi connectivity index (χ3n) is 3.28. The number of rotatable bonds is 5. The summed E-state index contributed by atoms with van der Waals surface area (Å²) in [6.07, 6.45) is 0.897. The minimum absolute atomic E-state index is 0.0248. The molecule has 0 radical (unpaired) electrons. The van der Waals surface area contributed by atoms with Crippen LogP contribution in [0.25, 0.3) is 0 Å². The van der Waals surface area contributed by atoms with Crippen LogP contribution in [0.2, 0.25) is 0 Å². The lowest BCUT2D eigenvalue weighted by Gasteiger charge is -2.18. The van der Waals surface area contributed by atoms with Crippen molar-refractivity contribution in [1.82, 2.24) is 9.80 Å². The van der Waals surface area contributed by atoms with Crippen LogP contribution in [0.1, 0.15) is 20.3 Å². The summed E-state index contributed by atoms with van der Waals surface area (Å²) in [5.41, 5.74) is 0.623. The second kappa shape index (κ2) is 6.97. The lowest BCUT2D eigenvalue weighted by Crippen LogP contribution is -2.34. The fourth-order valence-corrected chi connectivity index (χ4v) is 2.11. The Hall–Kier alpha value is -2.24. The monoisotopic (exact) mass is 291 g/mol. The summed E-state index contributed by atoms with van der Waals surface area (Å²) in [6, 6.07) is 7.02. The van der Waals surface area contributed by atoms with Crippen LogP contribution in [0.4, 0.5) is 10.5 Å². The van der Waals surface area contributed by atoms with E-state index in [9.17, 15) is 9.59 Å². The topological polar surface area (TPSA) is 61.9 Å². The number of carbonyl (C=O) groups excluding carboxylic acids is 2. The molecule has 0 aromatic heterocycles. The number of carbonyl (C=O) groups is 2. The Balaban J connectivity index is 2.01. The molecule has 1 heterocycles. The quantitative estimate of drug-likeness (QED) is 0.904. The standard InChI is InChI=1S/C15H21N3O3/c1-3-9-21-13-8-6-5-7-12(13)16-15(20)18-10-14(19)17(4-2)11-18/h5-8H,3-4,9-11H2,1-2H3,(H,16,20). The van der Waals surface area contributed by atoms with Gasteiger partial charge in [0.05, 0.1) is 19.0 Å². The van der Waals surface area contributed by atoms with Gasteiger partial charge >= 0.3 is 6.03 Å². The Kier molecular flexibility index (Phi) is 5.03. The molecule has 0 unspecified atom stereocenters. The molecule has 3 amide bonds. The van der Waals surface area contributed by atoms with Crippen molar-refractivity contribution in [3.05, 3.63) is 24.3 Å². The average molecular weight is 291 g/mol. The van der Waals surface area contributed by atoms with Gasteiger partial charge < -0.3 is 15.0 Å². The van der Waals surface area contributed by atoms with E-state index in [4.69, 9.17) is 4.74 Å². The SMILES string of the molecule is CCCOc1ccccc1NC(=O)N1CC(=O)N(CC)C1. The molecule has 0 aliphatic carbocycles. The predicted molar refractivity (Wildman–Crippen MR) is 80.2 cm³/mol. The molecule has 0 atom stereocenters. The Bertz CT molecular complexity index is 519. The summed E-state index contributed by atoms with van der Waals surface area (Å²) in [4.78, 5) is 27.0. The largest absolute Gasteiger partial charge is 0.491 e. The van der Waals surface area contributed by atoms with Crippen molar-refractivity contribution in [2.45, 2.75) is 20.3 Å². The van der Waals surface area contributed by atoms with E-state index in [1.165, 1.54) is 4.90 Å². The smallest absolute Gasteiger partial charge is 0.323 e. The molecule has 21 heavy (non-hydrogen) atoms. The summed E-state index contributed by atoms with van der Waals surface area (Å²) >= 11 is 0. The van der Waals surface area contributed by atoms with Gasteiger partial charge in [0.25, 0.3) is 0 Å². The number of urea groups is 1. The van der Waals surface area contributed by atoms with Gasteiger partial charge in [-0.05, 0) is 25.5 Å². The molecule has 6 nitrogen and oxygen atoms in total. The Morgan fingerprint density at radius 2 is 2.10 bits per heavy atom. The maximum atomic E-state index is 12.2. The predicted octanol–water partition coefficient (Wildman–Crippen LogP) is 2.13. The zero-order chi connectivity index (χ0) is 15.2. The molecule has 2 rings (SSSR count). The number of anilines is 1. The molecule has 1 aliphatic heterocycles. The number of amides is 3. The average Bonchev–Trinajstić information content (AvgIpc) is 2.87. The van der Waals surface area contributed by atoms with Crippen LogP contribution in [0.3, 0.4) is 0 Å².